The fourth-order valence-corrected chi connectivity index (χ4v) is 1.76. The first-order valence-corrected chi connectivity index (χ1v) is 5.96. The van der Waals surface area contributed by atoms with E-state index in [-0.39, 0.29) is 12.1 Å². The molecule has 9 heteroatoms. The summed E-state index contributed by atoms with van der Waals surface area (Å²) in [7, 11) is -3.85. The average Bonchev–Trinajstić information content (AvgIpc) is 2.68. The highest BCUT2D eigenvalue weighted by molar-refractivity contribution is 7.90. The summed E-state index contributed by atoms with van der Waals surface area (Å²) in [4.78, 5) is 0. The van der Waals surface area contributed by atoms with Gasteiger partial charge in [-0.15, -0.1) is 5.10 Å². The SMILES string of the molecule is NS(=O)(=O)Nc1nnc(C2CCCN2)o1. The standard InChI is InChI=1S/C6H11N5O3S/c7-15(12,13)11-6-10-9-5(14-6)4-2-1-3-8-4/h4,8H,1-3H2,(H,10,11)(H2,7,12,13). The Hall–Kier alpha value is -1.19. The van der Waals surface area contributed by atoms with Crippen LogP contribution in [0.3, 0.4) is 0 Å². The van der Waals surface area contributed by atoms with Crippen LogP contribution >= 0.6 is 0 Å². The largest absolute Gasteiger partial charge is 0.406 e. The number of aromatic nitrogens is 2. The smallest absolute Gasteiger partial charge is 0.330 e. The van der Waals surface area contributed by atoms with Crippen molar-refractivity contribution < 1.29 is 12.8 Å². The molecule has 1 unspecified atom stereocenters. The Balaban J connectivity index is 2.10. The van der Waals surface area contributed by atoms with Crippen molar-refractivity contribution in [1.29, 1.82) is 0 Å². The summed E-state index contributed by atoms with van der Waals surface area (Å²) >= 11 is 0. The van der Waals surface area contributed by atoms with Crippen LogP contribution < -0.4 is 15.2 Å². The van der Waals surface area contributed by atoms with Crippen LogP contribution in [0.2, 0.25) is 0 Å². The summed E-state index contributed by atoms with van der Waals surface area (Å²) in [5.41, 5.74) is 0. The highest BCUT2D eigenvalue weighted by atomic mass is 32.2. The van der Waals surface area contributed by atoms with Crippen molar-refractivity contribution in [2.45, 2.75) is 18.9 Å². The first-order valence-electron chi connectivity index (χ1n) is 4.42. The van der Waals surface area contributed by atoms with Gasteiger partial charge in [0.1, 0.15) is 0 Å². The normalized spacial score (nSPS) is 21.8. The van der Waals surface area contributed by atoms with E-state index in [0.29, 0.717) is 5.89 Å². The zero-order chi connectivity index (χ0) is 10.9. The van der Waals surface area contributed by atoms with Gasteiger partial charge in [0.25, 0.3) is 10.2 Å². The van der Waals surface area contributed by atoms with Crippen molar-refractivity contribution in [2.24, 2.45) is 5.14 Å². The number of nitrogens with one attached hydrogen (secondary N) is 2. The minimum Gasteiger partial charge on any atom is -0.406 e. The van der Waals surface area contributed by atoms with Gasteiger partial charge in [-0.05, 0) is 19.4 Å². The maximum Gasteiger partial charge on any atom is 0.330 e. The number of rotatable bonds is 3. The first kappa shape index (κ1) is 10.3. The number of hydrogen-bond donors (Lipinski definition) is 3. The van der Waals surface area contributed by atoms with E-state index in [1.165, 1.54) is 0 Å². The second-order valence-electron chi connectivity index (χ2n) is 3.24. The predicted molar refractivity (Wildman–Crippen MR) is 51.0 cm³/mol. The van der Waals surface area contributed by atoms with E-state index < -0.39 is 10.2 Å². The molecule has 0 amide bonds. The zero-order valence-corrected chi connectivity index (χ0v) is 8.62. The predicted octanol–water partition coefficient (Wildman–Crippen LogP) is -0.891. The van der Waals surface area contributed by atoms with E-state index in [2.05, 4.69) is 15.5 Å². The van der Waals surface area contributed by atoms with Crippen LogP contribution in [0, 0.1) is 0 Å². The van der Waals surface area contributed by atoms with E-state index in [9.17, 15) is 8.42 Å². The Labute approximate surface area is 86.4 Å². The van der Waals surface area contributed by atoms with Gasteiger partial charge in [0, 0.05) is 0 Å². The zero-order valence-electron chi connectivity index (χ0n) is 7.80. The van der Waals surface area contributed by atoms with Gasteiger partial charge < -0.3 is 9.73 Å². The number of anilines is 1. The lowest BCUT2D eigenvalue weighted by atomic mass is 10.2. The van der Waals surface area contributed by atoms with E-state index >= 15 is 0 Å². The first-order chi connectivity index (χ1) is 7.04. The third-order valence-corrected chi connectivity index (χ3v) is 2.49. The summed E-state index contributed by atoms with van der Waals surface area (Å²) in [6.45, 7) is 0.894. The van der Waals surface area contributed by atoms with Gasteiger partial charge in [0.2, 0.25) is 5.89 Å². The van der Waals surface area contributed by atoms with Crippen molar-refractivity contribution in [2.75, 3.05) is 11.3 Å². The van der Waals surface area contributed by atoms with Crippen LogP contribution in [-0.2, 0) is 10.2 Å². The fourth-order valence-electron chi connectivity index (χ4n) is 1.43. The van der Waals surface area contributed by atoms with Crippen LogP contribution in [0.4, 0.5) is 6.01 Å². The molecule has 0 bridgehead atoms. The van der Waals surface area contributed by atoms with Crippen LogP contribution in [0.25, 0.3) is 0 Å². The molecule has 4 N–H and O–H groups in total. The van der Waals surface area contributed by atoms with E-state index in [1.807, 2.05) is 4.72 Å². The molecule has 0 spiro atoms. The molecule has 1 aromatic rings. The molecule has 0 saturated carbocycles. The Kier molecular flexibility index (Phi) is 2.59. The van der Waals surface area contributed by atoms with Gasteiger partial charge in [0.05, 0.1) is 6.04 Å². The van der Waals surface area contributed by atoms with Crippen LogP contribution in [0.15, 0.2) is 4.42 Å². The number of nitrogens with zero attached hydrogens (tertiary/aromatic N) is 2. The molecule has 0 radical (unpaired) electrons. The van der Waals surface area contributed by atoms with Crippen molar-refractivity contribution >= 4 is 16.2 Å². The summed E-state index contributed by atoms with van der Waals surface area (Å²) < 4.78 is 28.3. The molecule has 1 aliphatic heterocycles. The monoisotopic (exact) mass is 233 g/mol. The fraction of sp³-hybridized carbons (Fsp3) is 0.667. The molecule has 2 heterocycles. The van der Waals surface area contributed by atoms with Gasteiger partial charge in [-0.3, -0.25) is 0 Å². The third kappa shape index (κ3) is 2.64. The summed E-state index contributed by atoms with van der Waals surface area (Å²) in [5, 5.41) is 15.1. The average molecular weight is 233 g/mol. The van der Waals surface area contributed by atoms with Crippen molar-refractivity contribution in [3.63, 3.8) is 0 Å². The molecule has 1 fully saturated rings. The molecule has 84 valence electrons. The molecule has 0 aliphatic carbocycles. The molecule has 1 atom stereocenters. The molecule has 8 nitrogen and oxygen atoms in total. The van der Waals surface area contributed by atoms with Crippen LogP contribution in [-0.4, -0.2) is 25.2 Å². The van der Waals surface area contributed by atoms with Gasteiger partial charge in [0.15, 0.2) is 0 Å². The molecular weight excluding hydrogens is 222 g/mol. The van der Waals surface area contributed by atoms with Crippen molar-refractivity contribution in [3.05, 3.63) is 5.89 Å². The molecular formula is C6H11N5O3S. The van der Waals surface area contributed by atoms with E-state index in [0.717, 1.165) is 19.4 Å². The third-order valence-electron chi connectivity index (χ3n) is 2.03. The van der Waals surface area contributed by atoms with Gasteiger partial charge in [-0.2, -0.15) is 8.42 Å². The summed E-state index contributed by atoms with van der Waals surface area (Å²) in [5.74, 6) is 0.374. The molecule has 15 heavy (non-hydrogen) atoms. The minimum absolute atomic E-state index is 0.00790. The Morgan fingerprint density at radius 2 is 2.33 bits per heavy atom. The quantitative estimate of drug-likeness (QED) is 0.622. The van der Waals surface area contributed by atoms with Gasteiger partial charge >= 0.3 is 6.01 Å². The van der Waals surface area contributed by atoms with E-state index in [4.69, 9.17) is 9.56 Å². The van der Waals surface area contributed by atoms with Gasteiger partial charge in [-0.1, -0.05) is 5.10 Å². The summed E-state index contributed by atoms with van der Waals surface area (Å²) in [6, 6.07) is -0.199. The molecule has 0 aromatic carbocycles. The highest BCUT2D eigenvalue weighted by Crippen LogP contribution is 2.22. The Morgan fingerprint density at radius 1 is 1.53 bits per heavy atom. The maximum absolute atomic E-state index is 10.7. The lowest BCUT2D eigenvalue weighted by Gasteiger charge is -2.02. The lowest BCUT2D eigenvalue weighted by molar-refractivity contribution is 0.439. The molecule has 1 saturated heterocycles. The van der Waals surface area contributed by atoms with Crippen molar-refractivity contribution in [1.82, 2.24) is 15.5 Å². The van der Waals surface area contributed by atoms with Crippen LogP contribution in [0.1, 0.15) is 24.8 Å². The number of hydrogen-bond acceptors (Lipinski definition) is 6. The van der Waals surface area contributed by atoms with Crippen molar-refractivity contribution in [3.8, 4) is 0 Å². The molecule has 1 aromatic heterocycles. The van der Waals surface area contributed by atoms with E-state index in [1.54, 1.807) is 0 Å². The molecule has 1 aliphatic rings. The Morgan fingerprint density at radius 3 is 2.93 bits per heavy atom. The lowest BCUT2D eigenvalue weighted by Crippen LogP contribution is -2.21. The maximum atomic E-state index is 10.7. The second kappa shape index (κ2) is 3.76. The minimum atomic E-state index is -3.85. The molecule has 2 rings (SSSR count). The highest BCUT2D eigenvalue weighted by Gasteiger charge is 2.22. The van der Waals surface area contributed by atoms with Gasteiger partial charge in [-0.25, -0.2) is 9.86 Å². The van der Waals surface area contributed by atoms with Crippen LogP contribution in [0.5, 0.6) is 0 Å². The number of nitrogens with two attached hydrogens (primary N) is 1. The summed E-state index contributed by atoms with van der Waals surface area (Å²) in [6.07, 6.45) is 1.93. The topological polar surface area (TPSA) is 123 Å². The Bertz CT molecular complexity index is 435. The second-order valence-corrected chi connectivity index (χ2v) is 4.54.